The number of hydrogen-bond donors (Lipinski definition) is 1. The minimum absolute atomic E-state index is 0.142. The van der Waals surface area contributed by atoms with E-state index < -0.39 is 10.0 Å². The zero-order valence-corrected chi connectivity index (χ0v) is 18.3. The van der Waals surface area contributed by atoms with Gasteiger partial charge in [-0.15, -0.1) is 0 Å². The second kappa shape index (κ2) is 10.4. The average molecular weight is 436 g/mol. The summed E-state index contributed by atoms with van der Waals surface area (Å²) in [7, 11) is -1.75. The Hall–Kier alpha value is -2.59. The molecule has 0 aliphatic carbocycles. The summed E-state index contributed by atoms with van der Waals surface area (Å²) >= 11 is 0. The van der Waals surface area contributed by atoms with E-state index in [0.29, 0.717) is 38.4 Å². The van der Waals surface area contributed by atoms with Gasteiger partial charge in [0, 0.05) is 45.3 Å². The highest BCUT2D eigenvalue weighted by Gasteiger charge is 2.28. The summed E-state index contributed by atoms with van der Waals surface area (Å²) in [5, 5.41) is 7.02. The molecule has 0 bridgehead atoms. The summed E-state index contributed by atoms with van der Waals surface area (Å²) in [6.07, 6.45) is 2.15. The third-order valence-corrected chi connectivity index (χ3v) is 6.74. The number of aromatic nitrogens is 1. The fraction of sp³-hybridized carbons (Fsp3) is 0.500. The Balaban J connectivity index is 1.57. The molecule has 9 nitrogen and oxygen atoms in total. The summed E-state index contributed by atoms with van der Waals surface area (Å²) < 4.78 is 36.9. The van der Waals surface area contributed by atoms with Crippen molar-refractivity contribution in [1.82, 2.24) is 19.7 Å². The van der Waals surface area contributed by atoms with Gasteiger partial charge in [-0.3, -0.25) is 4.99 Å². The molecule has 0 spiro atoms. The first kappa shape index (κ1) is 22.1. The van der Waals surface area contributed by atoms with Crippen LogP contribution in [0.25, 0.3) is 0 Å². The molecular formula is C20H29N5O4S. The zero-order chi connectivity index (χ0) is 21.4. The number of aliphatic imine (C=N–C) groups is 1. The minimum Gasteiger partial charge on any atom is -0.496 e. The molecule has 1 aliphatic heterocycles. The molecule has 1 aromatic carbocycles. The Morgan fingerprint density at radius 3 is 2.67 bits per heavy atom. The van der Waals surface area contributed by atoms with Crippen molar-refractivity contribution in [3.05, 3.63) is 47.9 Å². The van der Waals surface area contributed by atoms with Crippen LogP contribution >= 0.6 is 0 Å². The third kappa shape index (κ3) is 5.73. The lowest BCUT2D eigenvalue weighted by molar-refractivity contribution is 0.260. The summed E-state index contributed by atoms with van der Waals surface area (Å²) in [4.78, 5) is 6.85. The maximum absolute atomic E-state index is 12.6. The van der Waals surface area contributed by atoms with Gasteiger partial charge in [0.1, 0.15) is 17.8 Å². The lowest BCUT2D eigenvalue weighted by Crippen LogP contribution is -2.54. The summed E-state index contributed by atoms with van der Waals surface area (Å²) in [6.45, 7) is 5.38. The molecule has 0 atom stereocenters. The van der Waals surface area contributed by atoms with Crippen molar-refractivity contribution in [2.45, 2.75) is 19.1 Å². The fourth-order valence-corrected chi connectivity index (χ4v) is 4.81. The molecular weight excluding hydrogens is 406 g/mol. The molecule has 0 unspecified atom stereocenters. The first-order chi connectivity index (χ1) is 14.5. The van der Waals surface area contributed by atoms with E-state index in [4.69, 9.17) is 14.3 Å². The van der Waals surface area contributed by atoms with Crippen molar-refractivity contribution < 1.29 is 17.7 Å². The molecule has 2 aromatic rings. The number of guanidine groups is 1. The maximum Gasteiger partial charge on any atom is 0.220 e. The van der Waals surface area contributed by atoms with Gasteiger partial charge in [0.25, 0.3) is 0 Å². The predicted octanol–water partition coefficient (Wildman–Crippen LogP) is 1.34. The van der Waals surface area contributed by atoms with Crippen molar-refractivity contribution in [2.24, 2.45) is 4.99 Å². The maximum atomic E-state index is 12.6. The van der Waals surface area contributed by atoms with Gasteiger partial charge in [0.15, 0.2) is 5.96 Å². The molecule has 1 aromatic heterocycles. The van der Waals surface area contributed by atoms with E-state index in [1.54, 1.807) is 13.2 Å². The number of ether oxygens (including phenoxy) is 1. The second-order valence-electron chi connectivity index (χ2n) is 6.93. The van der Waals surface area contributed by atoms with Gasteiger partial charge in [-0.25, -0.2) is 8.42 Å². The second-order valence-corrected chi connectivity index (χ2v) is 8.90. The van der Waals surface area contributed by atoms with E-state index >= 15 is 0 Å². The van der Waals surface area contributed by atoms with Gasteiger partial charge in [-0.2, -0.15) is 4.31 Å². The molecule has 1 fully saturated rings. The fourth-order valence-electron chi connectivity index (χ4n) is 3.39. The van der Waals surface area contributed by atoms with Crippen molar-refractivity contribution in [3.63, 3.8) is 0 Å². The Morgan fingerprint density at radius 2 is 2.00 bits per heavy atom. The molecule has 1 N–H and O–H groups in total. The number of sulfonamides is 1. The van der Waals surface area contributed by atoms with Gasteiger partial charge < -0.3 is 19.5 Å². The number of benzene rings is 1. The highest BCUT2D eigenvalue weighted by atomic mass is 32.2. The van der Waals surface area contributed by atoms with E-state index in [0.717, 1.165) is 30.2 Å². The highest BCUT2D eigenvalue weighted by molar-refractivity contribution is 7.88. The predicted molar refractivity (Wildman–Crippen MR) is 115 cm³/mol. The van der Waals surface area contributed by atoms with E-state index in [1.165, 1.54) is 10.6 Å². The van der Waals surface area contributed by atoms with Crippen LogP contribution in [0, 0.1) is 0 Å². The summed E-state index contributed by atoms with van der Waals surface area (Å²) in [6, 6.07) is 9.51. The van der Waals surface area contributed by atoms with Gasteiger partial charge >= 0.3 is 0 Å². The highest BCUT2D eigenvalue weighted by Crippen LogP contribution is 2.18. The molecule has 0 saturated carbocycles. The minimum atomic E-state index is -3.42. The Morgan fingerprint density at radius 1 is 1.23 bits per heavy atom. The van der Waals surface area contributed by atoms with Crippen molar-refractivity contribution in [2.75, 3.05) is 46.4 Å². The number of piperazine rings is 1. The molecule has 0 amide bonds. The largest absolute Gasteiger partial charge is 0.496 e. The zero-order valence-electron chi connectivity index (χ0n) is 17.5. The first-order valence-corrected chi connectivity index (χ1v) is 11.7. The van der Waals surface area contributed by atoms with Gasteiger partial charge in [-0.05, 0) is 25.0 Å². The van der Waals surface area contributed by atoms with Crippen LogP contribution in [-0.2, 0) is 22.2 Å². The third-order valence-electron chi connectivity index (χ3n) is 4.92. The van der Waals surface area contributed by atoms with E-state index in [1.807, 2.05) is 31.2 Å². The van der Waals surface area contributed by atoms with Crippen molar-refractivity contribution in [3.8, 4) is 5.75 Å². The summed E-state index contributed by atoms with van der Waals surface area (Å²) in [5.74, 6) is 1.53. The van der Waals surface area contributed by atoms with Crippen LogP contribution < -0.4 is 10.1 Å². The molecule has 0 radical (unpaired) electrons. The molecule has 2 heterocycles. The standard InChI is InChI=1S/C20H29N5O4S/c1-3-21-20(22-10-8-17-6-4-5-7-19(17)28-2)24-11-13-25(14-12-24)30(26,27)16-18-9-15-29-23-18/h4-7,9,15H,3,8,10-14,16H2,1-2H3,(H,21,22). The van der Waals surface area contributed by atoms with E-state index in [2.05, 4.69) is 15.4 Å². The number of methoxy groups -OCH3 is 1. The number of para-hydroxylation sites is 1. The summed E-state index contributed by atoms with van der Waals surface area (Å²) in [5.41, 5.74) is 1.53. The average Bonchev–Trinajstić information content (AvgIpc) is 3.26. The monoisotopic (exact) mass is 435 g/mol. The number of nitrogens with one attached hydrogen (secondary N) is 1. The number of nitrogens with zero attached hydrogens (tertiary/aromatic N) is 4. The van der Waals surface area contributed by atoms with Crippen LogP contribution in [0.15, 0.2) is 46.1 Å². The van der Waals surface area contributed by atoms with Crippen LogP contribution in [0.5, 0.6) is 5.75 Å². The van der Waals surface area contributed by atoms with E-state index in [-0.39, 0.29) is 5.75 Å². The van der Waals surface area contributed by atoms with Crippen LogP contribution in [-0.4, -0.2) is 75.1 Å². The molecule has 1 saturated heterocycles. The molecule has 1 aliphatic rings. The van der Waals surface area contributed by atoms with E-state index in [9.17, 15) is 8.42 Å². The van der Waals surface area contributed by atoms with Gasteiger partial charge in [0.05, 0.1) is 12.8 Å². The molecule has 30 heavy (non-hydrogen) atoms. The lowest BCUT2D eigenvalue weighted by atomic mass is 10.1. The first-order valence-electron chi connectivity index (χ1n) is 10.1. The normalized spacial score (nSPS) is 15.9. The van der Waals surface area contributed by atoms with Crippen LogP contribution in [0.4, 0.5) is 0 Å². The number of rotatable bonds is 8. The Labute approximate surface area is 177 Å². The van der Waals surface area contributed by atoms with Crippen LogP contribution in [0.1, 0.15) is 18.2 Å². The smallest absolute Gasteiger partial charge is 0.220 e. The van der Waals surface area contributed by atoms with Crippen molar-refractivity contribution in [1.29, 1.82) is 0 Å². The molecule has 3 rings (SSSR count). The molecule has 164 valence electrons. The quantitative estimate of drug-likeness (QED) is 0.493. The Kier molecular flexibility index (Phi) is 7.69. The Bertz CT molecular complexity index is 922. The molecule has 10 heteroatoms. The van der Waals surface area contributed by atoms with Gasteiger partial charge in [0.2, 0.25) is 10.0 Å². The van der Waals surface area contributed by atoms with Crippen molar-refractivity contribution >= 4 is 16.0 Å². The van der Waals surface area contributed by atoms with Crippen LogP contribution in [0.3, 0.4) is 0 Å². The SMILES string of the molecule is CCNC(=NCCc1ccccc1OC)N1CCN(S(=O)(=O)Cc2ccon2)CC1. The van der Waals surface area contributed by atoms with Gasteiger partial charge in [-0.1, -0.05) is 23.4 Å². The topological polar surface area (TPSA) is 100 Å². The number of hydrogen-bond acceptors (Lipinski definition) is 6. The van der Waals surface area contributed by atoms with Crippen LogP contribution in [0.2, 0.25) is 0 Å². The lowest BCUT2D eigenvalue weighted by Gasteiger charge is -2.35.